The second-order valence-corrected chi connectivity index (χ2v) is 8.06. The molecule has 1 aromatic carbocycles. The lowest BCUT2D eigenvalue weighted by Crippen LogP contribution is -2.23. The van der Waals surface area contributed by atoms with E-state index in [1.54, 1.807) is 31.5 Å². The fourth-order valence-electron chi connectivity index (χ4n) is 3.36. The van der Waals surface area contributed by atoms with E-state index >= 15 is 0 Å². The minimum Gasteiger partial charge on any atom is -0.355 e. The molecule has 4 aromatic rings. The van der Waals surface area contributed by atoms with Crippen LogP contribution in [0.5, 0.6) is 0 Å². The molecule has 0 radical (unpaired) electrons. The summed E-state index contributed by atoms with van der Waals surface area (Å²) in [7, 11) is 1.52. The van der Waals surface area contributed by atoms with Crippen LogP contribution < -0.4 is 10.6 Å². The number of nitrogens with zero attached hydrogens (tertiary/aromatic N) is 3. The maximum Gasteiger partial charge on any atom is 0.276 e. The van der Waals surface area contributed by atoms with Gasteiger partial charge in [0.2, 0.25) is 0 Å². The molecule has 0 spiro atoms. The number of carbonyl (C=O) groups excluding carboxylic acids is 2. The monoisotopic (exact) mass is 497 g/mol. The van der Waals surface area contributed by atoms with Crippen molar-refractivity contribution in [1.82, 2.24) is 19.7 Å². The summed E-state index contributed by atoms with van der Waals surface area (Å²) in [6.07, 6.45) is 5.15. The van der Waals surface area contributed by atoms with Crippen LogP contribution in [0.2, 0.25) is 5.02 Å². The summed E-state index contributed by atoms with van der Waals surface area (Å²) in [5, 5.41) is 5.83. The van der Waals surface area contributed by atoms with Crippen molar-refractivity contribution < 1.29 is 9.59 Å². The van der Waals surface area contributed by atoms with Gasteiger partial charge in [-0.05, 0) is 64.8 Å². The quantitative estimate of drug-likeness (QED) is 0.398. The van der Waals surface area contributed by atoms with Crippen LogP contribution in [0.25, 0.3) is 16.8 Å². The van der Waals surface area contributed by atoms with E-state index in [0.717, 1.165) is 11.1 Å². The lowest BCUT2D eigenvalue weighted by molar-refractivity contribution is 0.0964. The van der Waals surface area contributed by atoms with Crippen LogP contribution in [0, 0.1) is 6.92 Å². The molecule has 3 heterocycles. The van der Waals surface area contributed by atoms with Gasteiger partial charge in [0, 0.05) is 30.0 Å². The van der Waals surface area contributed by atoms with Crippen molar-refractivity contribution in [3.8, 4) is 11.3 Å². The standard InChI is InChI=1S/C22H17BrClN5O2/c1-12-8-14(24)9-16(21(30)25-2)18(12)28-22(31)19-20(13-5-6-17(23)26-10-13)29-7-3-4-15(29)11-27-19/h3-11H,1-2H3,(H,25,30)(H,28,31). The van der Waals surface area contributed by atoms with Crippen molar-refractivity contribution in [2.24, 2.45) is 0 Å². The van der Waals surface area contributed by atoms with Crippen molar-refractivity contribution in [2.45, 2.75) is 6.92 Å². The minimum atomic E-state index is -0.455. The van der Waals surface area contributed by atoms with Gasteiger partial charge in [-0.2, -0.15) is 0 Å². The minimum absolute atomic E-state index is 0.199. The van der Waals surface area contributed by atoms with Crippen molar-refractivity contribution in [3.05, 3.63) is 81.4 Å². The number of fused-ring (bicyclic) bond motifs is 1. The first kappa shape index (κ1) is 21.0. The van der Waals surface area contributed by atoms with Crippen LogP contribution in [0.15, 0.2) is 59.6 Å². The molecule has 4 rings (SSSR count). The second kappa shape index (κ2) is 8.49. The third-order valence-electron chi connectivity index (χ3n) is 4.80. The van der Waals surface area contributed by atoms with E-state index in [1.165, 1.54) is 13.1 Å². The van der Waals surface area contributed by atoms with Crippen molar-refractivity contribution in [2.75, 3.05) is 12.4 Å². The van der Waals surface area contributed by atoms with E-state index in [-0.39, 0.29) is 17.2 Å². The van der Waals surface area contributed by atoms with Crippen molar-refractivity contribution >= 4 is 50.5 Å². The summed E-state index contributed by atoms with van der Waals surface area (Å²) in [5.74, 6) is -0.809. The number of benzene rings is 1. The molecule has 9 heteroatoms. The van der Waals surface area contributed by atoms with E-state index in [0.29, 0.717) is 26.6 Å². The number of anilines is 1. The zero-order chi connectivity index (χ0) is 22.1. The molecule has 7 nitrogen and oxygen atoms in total. The number of nitrogens with one attached hydrogen (secondary N) is 2. The molecular weight excluding hydrogens is 482 g/mol. The predicted octanol–water partition coefficient (Wildman–Crippen LogP) is 4.73. The van der Waals surface area contributed by atoms with Crippen molar-refractivity contribution in [1.29, 1.82) is 0 Å². The molecule has 2 N–H and O–H groups in total. The number of rotatable bonds is 4. The molecule has 0 atom stereocenters. The number of aryl methyl sites for hydroxylation is 1. The molecule has 0 saturated heterocycles. The number of carbonyl (C=O) groups is 2. The Labute approximate surface area is 191 Å². The zero-order valence-electron chi connectivity index (χ0n) is 16.6. The molecule has 3 aromatic heterocycles. The third-order valence-corrected chi connectivity index (χ3v) is 5.49. The predicted molar refractivity (Wildman–Crippen MR) is 124 cm³/mol. The first-order valence-corrected chi connectivity index (χ1v) is 10.5. The van der Waals surface area contributed by atoms with Gasteiger partial charge >= 0.3 is 0 Å². The van der Waals surface area contributed by atoms with Crippen LogP contribution >= 0.6 is 27.5 Å². The molecule has 0 bridgehead atoms. The number of pyridine rings is 1. The summed E-state index contributed by atoms with van der Waals surface area (Å²) >= 11 is 9.46. The Morgan fingerprint density at radius 1 is 1.10 bits per heavy atom. The normalized spacial score (nSPS) is 10.8. The van der Waals surface area contributed by atoms with Gasteiger partial charge in [0.05, 0.1) is 28.7 Å². The van der Waals surface area contributed by atoms with Gasteiger partial charge in [-0.3, -0.25) is 9.59 Å². The fraction of sp³-hybridized carbons (Fsp3) is 0.0909. The van der Waals surface area contributed by atoms with Crippen LogP contribution in [-0.2, 0) is 0 Å². The summed E-state index contributed by atoms with van der Waals surface area (Å²) in [6, 6.07) is 10.6. The molecule has 2 amide bonds. The van der Waals surface area contributed by atoms with Crippen molar-refractivity contribution in [3.63, 3.8) is 0 Å². The Balaban J connectivity index is 1.84. The molecule has 0 aliphatic rings. The Bertz CT molecular complexity index is 1320. The van der Waals surface area contributed by atoms with Gasteiger partial charge < -0.3 is 15.0 Å². The van der Waals surface area contributed by atoms with Crippen LogP contribution in [0.3, 0.4) is 0 Å². The average molecular weight is 499 g/mol. The van der Waals surface area contributed by atoms with Crippen LogP contribution in [-0.4, -0.2) is 33.2 Å². The number of hydrogen-bond acceptors (Lipinski definition) is 4. The largest absolute Gasteiger partial charge is 0.355 e. The molecule has 0 aliphatic carbocycles. The van der Waals surface area contributed by atoms with Gasteiger partial charge in [-0.15, -0.1) is 0 Å². The number of aromatic nitrogens is 3. The highest BCUT2D eigenvalue weighted by Gasteiger charge is 2.22. The van der Waals surface area contributed by atoms with Gasteiger partial charge in [0.25, 0.3) is 11.8 Å². The summed E-state index contributed by atoms with van der Waals surface area (Å²) in [6.45, 7) is 1.77. The number of amides is 2. The SMILES string of the molecule is CNC(=O)c1cc(Cl)cc(C)c1NC(=O)c1ncc2cccn2c1-c1ccc(Br)nc1. The number of halogens is 2. The van der Waals surface area contributed by atoms with Gasteiger partial charge in [-0.1, -0.05) is 11.6 Å². The Hall–Kier alpha value is -3.23. The molecule has 0 unspecified atom stereocenters. The zero-order valence-corrected chi connectivity index (χ0v) is 19.0. The highest BCUT2D eigenvalue weighted by molar-refractivity contribution is 9.10. The highest BCUT2D eigenvalue weighted by atomic mass is 79.9. The van der Waals surface area contributed by atoms with Gasteiger partial charge in [-0.25, -0.2) is 9.97 Å². The second-order valence-electron chi connectivity index (χ2n) is 6.81. The first-order chi connectivity index (χ1) is 14.9. The molecule has 156 valence electrons. The topological polar surface area (TPSA) is 88.4 Å². The van der Waals surface area contributed by atoms with E-state index in [9.17, 15) is 9.59 Å². The lowest BCUT2D eigenvalue weighted by Gasteiger charge is -2.16. The van der Waals surface area contributed by atoms with Gasteiger partial charge in [0.15, 0.2) is 5.69 Å². The highest BCUT2D eigenvalue weighted by Crippen LogP contribution is 2.29. The average Bonchev–Trinajstić information content (AvgIpc) is 3.23. The summed E-state index contributed by atoms with van der Waals surface area (Å²) in [5.41, 5.74) is 3.66. The molecular formula is C22H17BrClN5O2. The molecule has 0 aliphatic heterocycles. The van der Waals surface area contributed by atoms with E-state index < -0.39 is 5.91 Å². The maximum absolute atomic E-state index is 13.4. The Kier molecular flexibility index (Phi) is 5.75. The van der Waals surface area contributed by atoms with Gasteiger partial charge in [0.1, 0.15) is 4.60 Å². The molecule has 0 saturated carbocycles. The van der Waals surface area contributed by atoms with E-state index in [4.69, 9.17) is 11.6 Å². The summed E-state index contributed by atoms with van der Waals surface area (Å²) < 4.78 is 2.56. The maximum atomic E-state index is 13.4. The number of hydrogen-bond donors (Lipinski definition) is 2. The molecule has 0 fully saturated rings. The third kappa shape index (κ3) is 4.04. The molecule has 31 heavy (non-hydrogen) atoms. The Morgan fingerprint density at radius 2 is 1.90 bits per heavy atom. The summed E-state index contributed by atoms with van der Waals surface area (Å²) in [4.78, 5) is 34.4. The van der Waals surface area contributed by atoms with Crippen LogP contribution in [0.4, 0.5) is 5.69 Å². The Morgan fingerprint density at radius 3 is 2.61 bits per heavy atom. The lowest BCUT2D eigenvalue weighted by atomic mass is 10.1. The smallest absolute Gasteiger partial charge is 0.276 e. The van der Waals surface area contributed by atoms with Crippen LogP contribution in [0.1, 0.15) is 26.4 Å². The van der Waals surface area contributed by atoms with E-state index in [1.807, 2.05) is 28.8 Å². The fourth-order valence-corrected chi connectivity index (χ4v) is 3.87. The van der Waals surface area contributed by atoms with E-state index in [2.05, 4.69) is 36.5 Å². The first-order valence-electron chi connectivity index (χ1n) is 9.30.